The van der Waals surface area contributed by atoms with Crippen molar-refractivity contribution in [3.05, 3.63) is 59.1 Å². The Morgan fingerprint density at radius 2 is 1.92 bits per heavy atom. The third-order valence-electron chi connectivity index (χ3n) is 3.66. The molecule has 136 valence electrons. The van der Waals surface area contributed by atoms with Crippen molar-refractivity contribution in [1.82, 2.24) is 24.7 Å². The average molecular weight is 363 g/mol. The number of hydrogen-bond donors (Lipinski definition) is 1. The van der Waals surface area contributed by atoms with E-state index in [1.165, 1.54) is 6.92 Å². The molecule has 0 aliphatic rings. The van der Waals surface area contributed by atoms with Gasteiger partial charge in [0.15, 0.2) is 0 Å². The maximum Gasteiger partial charge on any atom is 0.433 e. The molecule has 3 aromatic heterocycles. The number of amides is 1. The molecule has 3 heterocycles. The number of rotatable bonds is 4. The lowest BCUT2D eigenvalue weighted by Crippen LogP contribution is -2.26. The molecule has 0 fully saturated rings. The van der Waals surface area contributed by atoms with E-state index in [-0.39, 0.29) is 30.2 Å². The molecule has 1 N–H and O–H groups in total. The molecule has 26 heavy (non-hydrogen) atoms. The maximum absolute atomic E-state index is 12.8. The SMILES string of the molecule is Cc1ccc2nc(C(=O)NCCc3nc(C)cc(C(F)(F)F)n3)cn2c1. The van der Waals surface area contributed by atoms with E-state index >= 15 is 0 Å². The number of carbonyl (C=O) groups excluding carboxylic acids is 1. The molecule has 6 nitrogen and oxygen atoms in total. The summed E-state index contributed by atoms with van der Waals surface area (Å²) in [6, 6.07) is 4.57. The van der Waals surface area contributed by atoms with Crippen LogP contribution < -0.4 is 5.32 Å². The normalized spacial score (nSPS) is 11.7. The van der Waals surface area contributed by atoms with E-state index < -0.39 is 17.8 Å². The van der Waals surface area contributed by atoms with Crippen molar-refractivity contribution in [1.29, 1.82) is 0 Å². The Morgan fingerprint density at radius 1 is 1.15 bits per heavy atom. The van der Waals surface area contributed by atoms with Gasteiger partial charge in [0.25, 0.3) is 5.91 Å². The van der Waals surface area contributed by atoms with E-state index in [9.17, 15) is 18.0 Å². The van der Waals surface area contributed by atoms with Crippen LogP contribution in [0.2, 0.25) is 0 Å². The first-order valence-electron chi connectivity index (χ1n) is 7.88. The highest BCUT2D eigenvalue weighted by atomic mass is 19.4. The number of pyridine rings is 1. The van der Waals surface area contributed by atoms with E-state index in [2.05, 4.69) is 20.3 Å². The Morgan fingerprint density at radius 3 is 2.65 bits per heavy atom. The number of halogens is 3. The van der Waals surface area contributed by atoms with E-state index in [1.54, 1.807) is 16.7 Å². The second kappa shape index (κ2) is 6.74. The number of nitrogens with zero attached hydrogens (tertiary/aromatic N) is 4. The van der Waals surface area contributed by atoms with Gasteiger partial charge in [-0.05, 0) is 31.5 Å². The first kappa shape index (κ1) is 17.8. The molecule has 1 amide bonds. The molecular formula is C17H16F3N5O. The Hall–Kier alpha value is -2.97. The average Bonchev–Trinajstić information content (AvgIpc) is 2.96. The van der Waals surface area contributed by atoms with Gasteiger partial charge in [-0.15, -0.1) is 0 Å². The van der Waals surface area contributed by atoms with Gasteiger partial charge in [-0.2, -0.15) is 13.2 Å². The first-order chi connectivity index (χ1) is 12.2. The lowest BCUT2D eigenvalue weighted by molar-refractivity contribution is -0.141. The van der Waals surface area contributed by atoms with Crippen molar-refractivity contribution < 1.29 is 18.0 Å². The summed E-state index contributed by atoms with van der Waals surface area (Å²) in [7, 11) is 0. The topological polar surface area (TPSA) is 72.2 Å². The van der Waals surface area contributed by atoms with Crippen LogP contribution in [0, 0.1) is 13.8 Å². The van der Waals surface area contributed by atoms with Gasteiger partial charge in [-0.25, -0.2) is 15.0 Å². The number of aromatic nitrogens is 4. The van der Waals surface area contributed by atoms with Crippen LogP contribution in [0.5, 0.6) is 0 Å². The van der Waals surface area contributed by atoms with Crippen LogP contribution in [0.4, 0.5) is 13.2 Å². The van der Waals surface area contributed by atoms with Gasteiger partial charge >= 0.3 is 6.18 Å². The number of carbonyl (C=O) groups is 1. The predicted molar refractivity (Wildman–Crippen MR) is 87.7 cm³/mol. The molecule has 3 rings (SSSR count). The molecular weight excluding hydrogens is 347 g/mol. The van der Waals surface area contributed by atoms with Crippen molar-refractivity contribution in [3.63, 3.8) is 0 Å². The van der Waals surface area contributed by atoms with Gasteiger partial charge in [-0.1, -0.05) is 6.07 Å². The van der Waals surface area contributed by atoms with Crippen molar-refractivity contribution in [2.24, 2.45) is 0 Å². The van der Waals surface area contributed by atoms with Crippen molar-refractivity contribution in [3.8, 4) is 0 Å². The number of alkyl halides is 3. The molecule has 0 saturated heterocycles. The van der Waals surface area contributed by atoms with Crippen molar-refractivity contribution in [2.75, 3.05) is 6.54 Å². The third-order valence-corrected chi connectivity index (χ3v) is 3.66. The lowest BCUT2D eigenvalue weighted by Gasteiger charge is -2.09. The summed E-state index contributed by atoms with van der Waals surface area (Å²) in [6.45, 7) is 3.50. The molecule has 0 atom stereocenters. The van der Waals surface area contributed by atoms with E-state index in [0.29, 0.717) is 5.65 Å². The zero-order chi connectivity index (χ0) is 18.9. The van der Waals surface area contributed by atoms with Gasteiger partial charge in [0, 0.05) is 31.1 Å². The van der Waals surface area contributed by atoms with Crippen LogP contribution >= 0.6 is 0 Å². The smallest absolute Gasteiger partial charge is 0.350 e. The highest BCUT2D eigenvalue weighted by Crippen LogP contribution is 2.27. The summed E-state index contributed by atoms with van der Waals surface area (Å²) in [4.78, 5) is 23.9. The van der Waals surface area contributed by atoms with Crippen LogP contribution in [0.1, 0.15) is 33.3 Å². The highest BCUT2D eigenvalue weighted by Gasteiger charge is 2.33. The molecule has 0 aliphatic carbocycles. The molecule has 0 saturated carbocycles. The monoisotopic (exact) mass is 363 g/mol. The second-order valence-electron chi connectivity index (χ2n) is 5.91. The molecule has 0 unspecified atom stereocenters. The summed E-state index contributed by atoms with van der Waals surface area (Å²) in [5, 5.41) is 2.62. The standard InChI is InChI=1S/C17H16F3N5O/c1-10-3-4-15-23-12(9-25(15)8-10)16(26)21-6-5-14-22-11(2)7-13(24-14)17(18,19)20/h3-4,7-9H,5-6H2,1-2H3,(H,21,26). The summed E-state index contributed by atoms with van der Waals surface area (Å²) in [5.41, 5.74) is 1.14. The van der Waals surface area contributed by atoms with Crippen LogP contribution in [-0.2, 0) is 12.6 Å². The minimum atomic E-state index is -4.53. The molecule has 0 radical (unpaired) electrons. The molecule has 0 aromatic carbocycles. The van der Waals surface area contributed by atoms with E-state index in [0.717, 1.165) is 11.6 Å². The Balaban J connectivity index is 1.65. The van der Waals surface area contributed by atoms with Gasteiger partial charge in [0.2, 0.25) is 0 Å². The Bertz CT molecular complexity index is 965. The van der Waals surface area contributed by atoms with Crippen molar-refractivity contribution >= 4 is 11.6 Å². The van der Waals surface area contributed by atoms with Crippen LogP contribution in [0.3, 0.4) is 0 Å². The summed E-state index contributed by atoms with van der Waals surface area (Å²) < 4.78 is 40.1. The molecule has 3 aromatic rings. The minimum absolute atomic E-state index is 0.0308. The Labute approximate surface area is 147 Å². The minimum Gasteiger partial charge on any atom is -0.350 e. The molecule has 0 spiro atoms. The summed E-state index contributed by atoms with van der Waals surface area (Å²) in [6.07, 6.45) is -0.996. The number of hydrogen-bond acceptors (Lipinski definition) is 4. The van der Waals surface area contributed by atoms with E-state index in [1.807, 2.05) is 19.2 Å². The molecule has 9 heteroatoms. The van der Waals surface area contributed by atoms with Crippen molar-refractivity contribution in [2.45, 2.75) is 26.4 Å². The lowest BCUT2D eigenvalue weighted by atomic mass is 10.3. The number of fused-ring (bicyclic) bond motifs is 1. The molecule has 0 aliphatic heterocycles. The fourth-order valence-electron chi connectivity index (χ4n) is 2.48. The first-order valence-corrected chi connectivity index (χ1v) is 7.88. The van der Waals surface area contributed by atoms with Crippen LogP contribution in [0.25, 0.3) is 5.65 Å². The van der Waals surface area contributed by atoms with Gasteiger partial charge in [0.1, 0.15) is 22.9 Å². The highest BCUT2D eigenvalue weighted by molar-refractivity contribution is 5.92. The van der Waals surface area contributed by atoms with E-state index in [4.69, 9.17) is 0 Å². The van der Waals surface area contributed by atoms with Crippen LogP contribution in [-0.4, -0.2) is 31.8 Å². The summed E-state index contributed by atoms with van der Waals surface area (Å²) in [5.74, 6) is -0.377. The van der Waals surface area contributed by atoms with Crippen LogP contribution in [0.15, 0.2) is 30.6 Å². The zero-order valence-corrected chi connectivity index (χ0v) is 14.1. The van der Waals surface area contributed by atoms with Gasteiger partial charge in [-0.3, -0.25) is 4.79 Å². The largest absolute Gasteiger partial charge is 0.433 e. The summed E-state index contributed by atoms with van der Waals surface area (Å²) >= 11 is 0. The third kappa shape index (κ3) is 3.98. The second-order valence-corrected chi connectivity index (χ2v) is 5.91. The van der Waals surface area contributed by atoms with Gasteiger partial charge in [0.05, 0.1) is 0 Å². The maximum atomic E-state index is 12.8. The zero-order valence-electron chi connectivity index (χ0n) is 14.1. The Kier molecular flexibility index (Phi) is 4.62. The predicted octanol–water partition coefficient (Wildman–Crippen LogP) is 2.73. The number of imidazole rings is 1. The number of nitrogens with one attached hydrogen (secondary N) is 1. The fraction of sp³-hybridized carbons (Fsp3) is 0.294. The molecule has 0 bridgehead atoms. The van der Waals surface area contributed by atoms with Gasteiger partial charge < -0.3 is 9.72 Å². The number of aryl methyl sites for hydroxylation is 2. The fourth-order valence-corrected chi connectivity index (χ4v) is 2.48. The quantitative estimate of drug-likeness (QED) is 0.774.